The third-order valence-electron chi connectivity index (χ3n) is 4.98. The van der Waals surface area contributed by atoms with Crippen LogP contribution in [0.5, 0.6) is 5.75 Å². The Bertz CT molecular complexity index is 1030. The topological polar surface area (TPSA) is 118 Å². The molecule has 0 spiro atoms. The quantitative estimate of drug-likeness (QED) is 0.322. The zero-order valence-electron chi connectivity index (χ0n) is 18.7. The molecule has 174 valence electrons. The van der Waals surface area contributed by atoms with Gasteiger partial charge in [-0.2, -0.15) is 5.10 Å². The van der Waals surface area contributed by atoms with Crippen LogP contribution in [0.25, 0.3) is 0 Å². The summed E-state index contributed by atoms with van der Waals surface area (Å²) in [6, 6.07) is 12.6. The molecule has 0 radical (unpaired) electrons. The van der Waals surface area contributed by atoms with Crippen LogP contribution in [0.15, 0.2) is 47.6 Å². The molecule has 0 bridgehead atoms. The molecule has 3 rings (SSSR count). The number of hydrazone groups is 1. The number of rotatable bonds is 8. The summed E-state index contributed by atoms with van der Waals surface area (Å²) in [6.45, 7) is 4.74. The Morgan fingerprint density at radius 2 is 2.00 bits per heavy atom. The molecule has 1 aliphatic rings. The number of nitrogens with zero attached hydrogens (tertiary/aromatic N) is 1. The lowest BCUT2D eigenvalue weighted by Gasteiger charge is -2.10. The molecule has 33 heavy (non-hydrogen) atoms. The Balaban J connectivity index is 1.43. The number of anilines is 1. The molecule has 0 unspecified atom stereocenters. The summed E-state index contributed by atoms with van der Waals surface area (Å²) in [4.78, 5) is 35.8. The van der Waals surface area contributed by atoms with Gasteiger partial charge < -0.3 is 20.1 Å². The van der Waals surface area contributed by atoms with E-state index in [4.69, 9.17) is 9.47 Å². The average Bonchev–Trinajstić information content (AvgIpc) is 3.32. The molecule has 1 atom stereocenters. The van der Waals surface area contributed by atoms with Crippen molar-refractivity contribution in [1.82, 2.24) is 10.7 Å². The van der Waals surface area contributed by atoms with E-state index in [9.17, 15) is 14.4 Å². The fourth-order valence-corrected chi connectivity index (χ4v) is 3.28. The van der Waals surface area contributed by atoms with Crippen molar-refractivity contribution >= 4 is 29.6 Å². The minimum atomic E-state index is -0.861. The van der Waals surface area contributed by atoms with E-state index in [0.29, 0.717) is 24.5 Å². The highest BCUT2D eigenvalue weighted by Gasteiger charge is 2.18. The Morgan fingerprint density at radius 3 is 2.76 bits per heavy atom. The summed E-state index contributed by atoms with van der Waals surface area (Å²) >= 11 is 0. The molecule has 1 heterocycles. The van der Waals surface area contributed by atoms with Gasteiger partial charge in [-0.1, -0.05) is 29.8 Å². The summed E-state index contributed by atoms with van der Waals surface area (Å²) in [5.74, 6) is -1.44. The van der Waals surface area contributed by atoms with Crippen molar-refractivity contribution < 1.29 is 23.9 Å². The summed E-state index contributed by atoms with van der Waals surface area (Å²) in [5.41, 5.74) is 5.65. The maximum Gasteiger partial charge on any atom is 0.329 e. The second-order valence-electron chi connectivity index (χ2n) is 7.77. The first-order valence-electron chi connectivity index (χ1n) is 10.7. The second-order valence-corrected chi connectivity index (χ2v) is 7.77. The van der Waals surface area contributed by atoms with Crippen molar-refractivity contribution in [2.45, 2.75) is 32.8 Å². The van der Waals surface area contributed by atoms with Crippen LogP contribution in [0, 0.1) is 13.8 Å². The van der Waals surface area contributed by atoms with E-state index < -0.39 is 11.8 Å². The minimum absolute atomic E-state index is 0.0454. The van der Waals surface area contributed by atoms with Crippen molar-refractivity contribution in [2.24, 2.45) is 5.10 Å². The highest BCUT2D eigenvalue weighted by Crippen LogP contribution is 2.16. The number of aryl methyl sites for hydroxylation is 2. The molecule has 2 aromatic carbocycles. The van der Waals surface area contributed by atoms with E-state index in [1.54, 1.807) is 24.3 Å². The van der Waals surface area contributed by atoms with Crippen molar-refractivity contribution in [3.8, 4) is 5.75 Å². The van der Waals surface area contributed by atoms with Gasteiger partial charge in [-0.05, 0) is 56.0 Å². The molecule has 9 nitrogen and oxygen atoms in total. The van der Waals surface area contributed by atoms with Gasteiger partial charge >= 0.3 is 11.8 Å². The van der Waals surface area contributed by atoms with Crippen LogP contribution < -0.4 is 20.8 Å². The van der Waals surface area contributed by atoms with Crippen LogP contribution in [0.2, 0.25) is 0 Å². The van der Waals surface area contributed by atoms with E-state index in [1.165, 1.54) is 6.21 Å². The van der Waals surface area contributed by atoms with Crippen LogP contribution in [-0.4, -0.2) is 49.8 Å². The highest BCUT2D eigenvalue weighted by atomic mass is 16.5. The zero-order valence-corrected chi connectivity index (χ0v) is 18.7. The number of amides is 3. The smallest absolute Gasteiger partial charge is 0.329 e. The van der Waals surface area contributed by atoms with Gasteiger partial charge in [-0.25, -0.2) is 5.43 Å². The number of carbonyl (C=O) groups is 3. The molecule has 0 aromatic heterocycles. The first-order chi connectivity index (χ1) is 15.9. The number of benzene rings is 2. The lowest BCUT2D eigenvalue weighted by atomic mass is 10.1. The van der Waals surface area contributed by atoms with Gasteiger partial charge in [0.05, 0.1) is 12.3 Å². The number of hydrogen-bond donors (Lipinski definition) is 3. The molecule has 1 saturated heterocycles. The second kappa shape index (κ2) is 11.8. The lowest BCUT2D eigenvalue weighted by Crippen LogP contribution is -2.41. The van der Waals surface area contributed by atoms with Gasteiger partial charge in [0.25, 0.3) is 5.91 Å². The van der Waals surface area contributed by atoms with Crippen LogP contribution in [-0.2, 0) is 19.1 Å². The van der Waals surface area contributed by atoms with Gasteiger partial charge in [0.15, 0.2) is 6.61 Å². The largest absolute Gasteiger partial charge is 0.484 e. The number of nitrogens with one attached hydrogen (secondary N) is 3. The summed E-state index contributed by atoms with van der Waals surface area (Å²) in [7, 11) is 0. The summed E-state index contributed by atoms with van der Waals surface area (Å²) in [5, 5.41) is 9.15. The molecular formula is C24H28N4O5. The van der Waals surface area contributed by atoms with E-state index in [2.05, 4.69) is 21.2 Å². The van der Waals surface area contributed by atoms with Gasteiger partial charge in [-0.15, -0.1) is 0 Å². The Hall–Kier alpha value is -3.72. The predicted octanol–water partition coefficient (Wildman–Crippen LogP) is 2.07. The van der Waals surface area contributed by atoms with Crippen LogP contribution in [0.1, 0.15) is 29.5 Å². The number of ether oxygens (including phenoxy) is 2. The highest BCUT2D eigenvalue weighted by molar-refractivity contribution is 6.35. The lowest BCUT2D eigenvalue weighted by molar-refractivity contribution is -0.139. The first kappa shape index (κ1) is 23.9. The molecular weight excluding hydrogens is 424 g/mol. The third-order valence-corrected chi connectivity index (χ3v) is 4.98. The van der Waals surface area contributed by atoms with E-state index in [1.807, 2.05) is 32.0 Å². The number of hydrogen-bond acceptors (Lipinski definition) is 6. The van der Waals surface area contributed by atoms with Crippen molar-refractivity contribution in [3.63, 3.8) is 0 Å². The monoisotopic (exact) mass is 452 g/mol. The predicted molar refractivity (Wildman–Crippen MR) is 124 cm³/mol. The van der Waals surface area contributed by atoms with Crippen LogP contribution in [0.3, 0.4) is 0 Å². The maximum atomic E-state index is 12.2. The summed E-state index contributed by atoms with van der Waals surface area (Å²) < 4.78 is 10.9. The van der Waals surface area contributed by atoms with Crippen molar-refractivity contribution in [3.05, 3.63) is 59.2 Å². The SMILES string of the molecule is Cc1ccc(NC(=O)COc2cccc(/C=N\NC(=O)C(=O)NC[C@H]3CCCO3)c2)c(C)c1. The van der Waals surface area contributed by atoms with Gasteiger partial charge in [0.2, 0.25) is 0 Å². The number of carbonyl (C=O) groups excluding carboxylic acids is 3. The Labute approximate surface area is 192 Å². The summed E-state index contributed by atoms with van der Waals surface area (Å²) in [6.07, 6.45) is 3.16. The average molecular weight is 453 g/mol. The van der Waals surface area contributed by atoms with Crippen LogP contribution >= 0.6 is 0 Å². The Morgan fingerprint density at radius 1 is 1.15 bits per heavy atom. The zero-order chi connectivity index (χ0) is 23.6. The van der Waals surface area contributed by atoms with E-state index in [0.717, 1.165) is 29.7 Å². The minimum Gasteiger partial charge on any atom is -0.484 e. The molecule has 3 N–H and O–H groups in total. The fourth-order valence-electron chi connectivity index (χ4n) is 3.28. The molecule has 1 aliphatic heterocycles. The van der Waals surface area contributed by atoms with Gasteiger partial charge in [0, 0.05) is 18.8 Å². The van der Waals surface area contributed by atoms with E-state index >= 15 is 0 Å². The molecule has 3 amide bonds. The molecule has 1 fully saturated rings. The molecule has 0 aliphatic carbocycles. The van der Waals surface area contributed by atoms with Gasteiger partial charge in [0.1, 0.15) is 5.75 Å². The first-order valence-corrected chi connectivity index (χ1v) is 10.7. The molecule has 9 heteroatoms. The van der Waals surface area contributed by atoms with Gasteiger partial charge in [-0.3, -0.25) is 14.4 Å². The molecule has 0 saturated carbocycles. The molecule has 2 aromatic rings. The van der Waals surface area contributed by atoms with Crippen molar-refractivity contribution in [2.75, 3.05) is 25.1 Å². The van der Waals surface area contributed by atoms with Crippen molar-refractivity contribution in [1.29, 1.82) is 0 Å². The van der Waals surface area contributed by atoms with Crippen LogP contribution in [0.4, 0.5) is 5.69 Å². The van der Waals surface area contributed by atoms with E-state index in [-0.39, 0.29) is 18.6 Å². The maximum absolute atomic E-state index is 12.2. The Kier molecular flexibility index (Phi) is 8.54. The standard InChI is InChI=1S/C24H28N4O5/c1-16-8-9-21(17(2)11-16)27-22(29)15-33-19-6-3-5-18(12-19)13-26-28-24(31)23(30)25-14-20-7-4-10-32-20/h3,5-6,8-9,11-13,20H,4,7,10,14-15H2,1-2H3,(H,25,30)(H,27,29)(H,28,31)/b26-13-/t20-/m1/s1. The normalized spacial score (nSPS) is 15.3. The fraction of sp³-hybridized carbons (Fsp3) is 0.333. The third kappa shape index (κ3) is 7.73.